The van der Waals surface area contributed by atoms with E-state index in [1.165, 1.54) is 6.08 Å². The number of ether oxygens (including phenoxy) is 1. The molecule has 2 heterocycles. The van der Waals surface area contributed by atoms with Crippen LogP contribution in [0.4, 0.5) is 0 Å². The number of fused-ring (bicyclic) bond motifs is 1. The van der Waals surface area contributed by atoms with E-state index in [2.05, 4.69) is 16.8 Å². The van der Waals surface area contributed by atoms with Gasteiger partial charge in [-0.05, 0) is 6.08 Å². The normalized spacial score (nSPS) is 14.2. The lowest BCUT2D eigenvalue weighted by Gasteiger charge is -2.26. The molecule has 0 aliphatic carbocycles. The van der Waals surface area contributed by atoms with E-state index in [0.717, 1.165) is 17.7 Å². The van der Waals surface area contributed by atoms with Crippen molar-refractivity contribution >= 4 is 5.91 Å². The van der Waals surface area contributed by atoms with E-state index in [-0.39, 0.29) is 5.91 Å². The number of aromatic nitrogens is 2. The number of hydrogen-bond acceptors (Lipinski definition) is 4. The number of nitrogens with zero attached hydrogens (tertiary/aromatic N) is 3. The third-order valence-corrected chi connectivity index (χ3v) is 2.61. The van der Waals surface area contributed by atoms with E-state index in [1.807, 2.05) is 6.07 Å². The predicted molar refractivity (Wildman–Crippen MR) is 57.9 cm³/mol. The first-order chi connectivity index (χ1) is 7.74. The molecule has 5 nitrogen and oxygen atoms in total. The standard InChI is InChI=1S/C11H13N3O2/c1-3-11(15)14-5-4-9-8(7-14)6-10(16-2)13-12-9/h3,6H,1,4-5,7H2,2H3. The zero-order valence-electron chi connectivity index (χ0n) is 9.14. The van der Waals surface area contributed by atoms with Crippen LogP contribution in [0, 0.1) is 0 Å². The molecule has 0 saturated carbocycles. The van der Waals surface area contributed by atoms with Gasteiger partial charge in [0.25, 0.3) is 0 Å². The SMILES string of the molecule is C=CC(=O)N1CCc2nnc(OC)cc2C1. The van der Waals surface area contributed by atoms with Gasteiger partial charge in [0.05, 0.1) is 12.8 Å². The van der Waals surface area contributed by atoms with Gasteiger partial charge in [0, 0.05) is 31.1 Å². The van der Waals surface area contributed by atoms with Gasteiger partial charge >= 0.3 is 0 Å². The fraction of sp³-hybridized carbons (Fsp3) is 0.364. The van der Waals surface area contributed by atoms with Gasteiger partial charge in [0.1, 0.15) is 0 Å². The minimum atomic E-state index is -0.0542. The molecule has 1 aliphatic rings. The number of methoxy groups -OCH3 is 1. The van der Waals surface area contributed by atoms with Gasteiger partial charge in [-0.1, -0.05) is 6.58 Å². The Balaban J connectivity index is 2.24. The number of carbonyl (C=O) groups excluding carboxylic acids is 1. The van der Waals surface area contributed by atoms with E-state index in [1.54, 1.807) is 12.0 Å². The molecular formula is C11H13N3O2. The zero-order valence-corrected chi connectivity index (χ0v) is 9.14. The zero-order chi connectivity index (χ0) is 11.5. The van der Waals surface area contributed by atoms with Crippen LogP contribution in [0.2, 0.25) is 0 Å². The lowest BCUT2D eigenvalue weighted by atomic mass is 10.1. The number of rotatable bonds is 2. The van der Waals surface area contributed by atoms with Crippen molar-refractivity contribution in [3.8, 4) is 5.88 Å². The Labute approximate surface area is 93.7 Å². The van der Waals surface area contributed by atoms with Gasteiger partial charge in [-0.25, -0.2) is 0 Å². The van der Waals surface area contributed by atoms with E-state index in [4.69, 9.17) is 4.74 Å². The Morgan fingerprint density at radius 3 is 3.12 bits per heavy atom. The summed E-state index contributed by atoms with van der Waals surface area (Å²) in [6, 6.07) is 1.82. The molecule has 1 aromatic rings. The number of amides is 1. The molecule has 1 aromatic heterocycles. The van der Waals surface area contributed by atoms with E-state index in [0.29, 0.717) is 19.0 Å². The van der Waals surface area contributed by atoms with Crippen LogP contribution in [0.15, 0.2) is 18.7 Å². The molecule has 84 valence electrons. The summed E-state index contributed by atoms with van der Waals surface area (Å²) in [5.74, 6) is 0.424. The summed E-state index contributed by atoms with van der Waals surface area (Å²) in [5, 5.41) is 7.98. The van der Waals surface area contributed by atoms with Crippen LogP contribution in [0.25, 0.3) is 0 Å². The van der Waals surface area contributed by atoms with Crippen LogP contribution < -0.4 is 4.74 Å². The van der Waals surface area contributed by atoms with Crippen LogP contribution in [-0.2, 0) is 17.8 Å². The first-order valence-corrected chi connectivity index (χ1v) is 5.05. The summed E-state index contributed by atoms with van der Waals surface area (Å²) < 4.78 is 5.01. The molecule has 0 bridgehead atoms. The Kier molecular flexibility index (Phi) is 2.85. The molecule has 0 aromatic carbocycles. The Morgan fingerprint density at radius 2 is 2.44 bits per heavy atom. The van der Waals surface area contributed by atoms with Crippen LogP contribution in [0.3, 0.4) is 0 Å². The van der Waals surface area contributed by atoms with Crippen molar-refractivity contribution in [3.63, 3.8) is 0 Å². The molecule has 0 N–H and O–H groups in total. The molecule has 1 amide bonds. The highest BCUT2D eigenvalue weighted by atomic mass is 16.5. The lowest BCUT2D eigenvalue weighted by Crippen LogP contribution is -2.35. The van der Waals surface area contributed by atoms with Gasteiger partial charge in [-0.15, -0.1) is 5.10 Å². The van der Waals surface area contributed by atoms with Gasteiger partial charge in [-0.2, -0.15) is 5.10 Å². The van der Waals surface area contributed by atoms with Crippen molar-refractivity contribution in [2.75, 3.05) is 13.7 Å². The summed E-state index contributed by atoms with van der Waals surface area (Å²) in [7, 11) is 1.55. The number of hydrogen-bond donors (Lipinski definition) is 0. The molecule has 16 heavy (non-hydrogen) atoms. The highest BCUT2D eigenvalue weighted by Crippen LogP contribution is 2.19. The molecule has 0 atom stereocenters. The second-order valence-electron chi connectivity index (χ2n) is 3.57. The van der Waals surface area contributed by atoms with Gasteiger partial charge in [0.15, 0.2) is 0 Å². The topological polar surface area (TPSA) is 55.3 Å². The van der Waals surface area contributed by atoms with Crippen molar-refractivity contribution < 1.29 is 9.53 Å². The molecule has 2 rings (SSSR count). The van der Waals surface area contributed by atoms with Crippen LogP contribution in [0.5, 0.6) is 5.88 Å². The van der Waals surface area contributed by atoms with Crippen molar-refractivity contribution in [1.29, 1.82) is 0 Å². The summed E-state index contributed by atoms with van der Waals surface area (Å²) >= 11 is 0. The van der Waals surface area contributed by atoms with Crippen molar-refractivity contribution in [2.24, 2.45) is 0 Å². The number of carbonyl (C=O) groups is 1. The predicted octanol–water partition coefficient (Wildman–Crippen LogP) is 0.556. The molecule has 1 aliphatic heterocycles. The Bertz CT molecular complexity index is 431. The van der Waals surface area contributed by atoms with Crippen LogP contribution >= 0.6 is 0 Å². The molecule has 0 saturated heterocycles. The summed E-state index contributed by atoms with van der Waals surface area (Å²) in [6.45, 7) is 4.69. The van der Waals surface area contributed by atoms with Gasteiger partial charge in [-0.3, -0.25) is 4.79 Å². The second kappa shape index (κ2) is 4.30. The van der Waals surface area contributed by atoms with E-state index >= 15 is 0 Å². The molecule has 0 spiro atoms. The lowest BCUT2D eigenvalue weighted by molar-refractivity contribution is -0.126. The first-order valence-electron chi connectivity index (χ1n) is 5.05. The molecule has 0 radical (unpaired) electrons. The van der Waals surface area contributed by atoms with Crippen LogP contribution in [0.1, 0.15) is 11.3 Å². The largest absolute Gasteiger partial charge is 0.480 e. The fourth-order valence-electron chi connectivity index (χ4n) is 1.73. The fourth-order valence-corrected chi connectivity index (χ4v) is 1.73. The van der Waals surface area contributed by atoms with Gasteiger partial charge in [0.2, 0.25) is 11.8 Å². The highest BCUT2D eigenvalue weighted by molar-refractivity contribution is 5.87. The molecular weight excluding hydrogens is 206 g/mol. The maximum absolute atomic E-state index is 11.5. The van der Waals surface area contributed by atoms with Crippen LogP contribution in [-0.4, -0.2) is 34.7 Å². The Hall–Kier alpha value is -1.91. The average molecular weight is 219 g/mol. The smallest absolute Gasteiger partial charge is 0.246 e. The van der Waals surface area contributed by atoms with Crippen molar-refractivity contribution in [3.05, 3.63) is 30.0 Å². The third-order valence-electron chi connectivity index (χ3n) is 2.61. The monoisotopic (exact) mass is 219 g/mol. The molecule has 5 heteroatoms. The first kappa shape index (κ1) is 10.6. The average Bonchev–Trinajstić information content (AvgIpc) is 2.36. The maximum atomic E-state index is 11.5. The minimum absolute atomic E-state index is 0.0542. The summed E-state index contributed by atoms with van der Waals surface area (Å²) in [6.07, 6.45) is 2.06. The molecule has 0 unspecified atom stereocenters. The quantitative estimate of drug-likeness (QED) is 0.682. The maximum Gasteiger partial charge on any atom is 0.246 e. The molecule has 0 fully saturated rings. The van der Waals surface area contributed by atoms with Gasteiger partial charge < -0.3 is 9.64 Å². The van der Waals surface area contributed by atoms with Crippen molar-refractivity contribution in [2.45, 2.75) is 13.0 Å². The Morgan fingerprint density at radius 1 is 1.62 bits per heavy atom. The highest BCUT2D eigenvalue weighted by Gasteiger charge is 2.20. The minimum Gasteiger partial charge on any atom is -0.480 e. The van der Waals surface area contributed by atoms with Crippen molar-refractivity contribution in [1.82, 2.24) is 15.1 Å². The third kappa shape index (κ3) is 1.88. The van der Waals surface area contributed by atoms with E-state index in [9.17, 15) is 4.79 Å². The summed E-state index contributed by atoms with van der Waals surface area (Å²) in [4.78, 5) is 13.2. The summed E-state index contributed by atoms with van der Waals surface area (Å²) in [5.41, 5.74) is 1.93. The second-order valence-corrected chi connectivity index (χ2v) is 3.57. The van der Waals surface area contributed by atoms with E-state index < -0.39 is 0 Å².